The van der Waals surface area contributed by atoms with Gasteiger partial charge in [0.05, 0.1) is 30.0 Å². The molecule has 0 bridgehead atoms. The molecule has 1 heterocycles. The summed E-state index contributed by atoms with van der Waals surface area (Å²) >= 11 is 0. The number of nitrogens with zero attached hydrogens (tertiary/aromatic N) is 3. The Labute approximate surface area is 177 Å². The summed E-state index contributed by atoms with van der Waals surface area (Å²) in [5.41, 5.74) is -0.432. The highest BCUT2D eigenvalue weighted by atomic mass is 19.4. The quantitative estimate of drug-likeness (QED) is 0.793. The number of hydrogen-bond donors (Lipinski definition) is 1. The fourth-order valence-electron chi connectivity index (χ4n) is 4.05. The number of pyridine rings is 1. The number of hydrogen-bond acceptors (Lipinski definition) is 5. The number of aromatic nitrogens is 1. The van der Waals surface area contributed by atoms with Crippen LogP contribution in [0, 0.1) is 24.2 Å². The fraction of sp³-hybridized carbons (Fsp3) is 0.409. The number of amides is 1. The van der Waals surface area contributed by atoms with Crippen molar-refractivity contribution < 1.29 is 27.8 Å². The Bertz CT molecular complexity index is 1030. The van der Waals surface area contributed by atoms with Gasteiger partial charge in [0.25, 0.3) is 0 Å². The number of ether oxygens (including phenoxy) is 1. The maximum Gasteiger partial charge on any atom is 0.417 e. The van der Waals surface area contributed by atoms with Crippen LogP contribution in [0.15, 0.2) is 30.3 Å². The molecule has 0 saturated heterocycles. The summed E-state index contributed by atoms with van der Waals surface area (Å²) < 4.78 is 45.7. The molecule has 1 aromatic carbocycles. The van der Waals surface area contributed by atoms with E-state index in [0.717, 1.165) is 5.56 Å². The Morgan fingerprint density at radius 2 is 2.03 bits per heavy atom. The molecule has 164 valence electrons. The van der Waals surface area contributed by atoms with Crippen LogP contribution in [-0.4, -0.2) is 36.3 Å². The molecule has 0 aliphatic heterocycles. The largest absolute Gasteiger partial charge is 0.481 e. The minimum atomic E-state index is -4.80. The number of aryl methyl sites for hydroxylation is 1. The lowest BCUT2D eigenvalue weighted by Gasteiger charge is -2.26. The number of alkyl halides is 3. The Balaban J connectivity index is 2.07. The maximum absolute atomic E-state index is 13.6. The van der Waals surface area contributed by atoms with Gasteiger partial charge in [-0.15, -0.1) is 0 Å². The molecular weight excluding hydrogens is 411 g/mol. The van der Waals surface area contributed by atoms with Crippen molar-refractivity contribution in [2.24, 2.45) is 5.92 Å². The van der Waals surface area contributed by atoms with E-state index < -0.39 is 35.2 Å². The van der Waals surface area contributed by atoms with E-state index in [0.29, 0.717) is 11.8 Å². The van der Waals surface area contributed by atoms with Gasteiger partial charge < -0.3 is 14.7 Å². The van der Waals surface area contributed by atoms with E-state index in [-0.39, 0.29) is 30.3 Å². The van der Waals surface area contributed by atoms with Gasteiger partial charge in [-0.25, -0.2) is 4.98 Å². The van der Waals surface area contributed by atoms with Gasteiger partial charge in [0, 0.05) is 30.6 Å². The smallest absolute Gasteiger partial charge is 0.417 e. The summed E-state index contributed by atoms with van der Waals surface area (Å²) in [5.74, 6) is -2.37. The van der Waals surface area contributed by atoms with Crippen LogP contribution >= 0.6 is 0 Å². The molecule has 1 fully saturated rings. The molecule has 1 aromatic heterocycles. The van der Waals surface area contributed by atoms with Gasteiger partial charge in [-0.2, -0.15) is 18.4 Å². The number of aliphatic hydroxyl groups excluding tert-OH is 1. The summed E-state index contributed by atoms with van der Waals surface area (Å²) in [5, 5.41) is 19.8. The van der Waals surface area contributed by atoms with E-state index in [1.54, 1.807) is 25.2 Å². The van der Waals surface area contributed by atoms with Crippen LogP contribution in [0.4, 0.5) is 18.9 Å². The standard InChI is InChI=1S/C22H22F3N3O3/c1-12-5-4-6-13(7-12)28(2)21(30)16-9-14(29)8-15(16)20-17(11-26)18(22(23,24)25)10-19(27-20)31-3/h4-7,10,14-16,29H,8-9H2,1-3H3/t14-,15?,16-/m1/s1. The molecular formula is C22H22F3N3O3. The number of rotatable bonds is 4. The highest BCUT2D eigenvalue weighted by Crippen LogP contribution is 2.45. The SMILES string of the molecule is COc1cc(C(F)(F)F)c(C#N)c(C2C[C@@H](O)C[C@H]2C(=O)N(C)c2cccc(C)c2)n1. The molecule has 3 rings (SSSR count). The molecule has 1 aliphatic rings. The Morgan fingerprint density at radius 3 is 2.61 bits per heavy atom. The van der Waals surface area contributed by atoms with Crippen LogP contribution in [0.5, 0.6) is 5.88 Å². The van der Waals surface area contributed by atoms with Crippen molar-refractivity contribution in [3.05, 3.63) is 52.7 Å². The van der Waals surface area contributed by atoms with E-state index in [2.05, 4.69) is 4.98 Å². The molecule has 1 amide bonds. The van der Waals surface area contributed by atoms with E-state index in [1.165, 1.54) is 12.0 Å². The van der Waals surface area contributed by atoms with E-state index >= 15 is 0 Å². The zero-order chi connectivity index (χ0) is 22.9. The van der Waals surface area contributed by atoms with Crippen molar-refractivity contribution in [3.63, 3.8) is 0 Å². The van der Waals surface area contributed by atoms with Gasteiger partial charge in [-0.3, -0.25) is 4.79 Å². The maximum atomic E-state index is 13.6. The first kappa shape index (κ1) is 22.6. The average Bonchev–Trinajstić information content (AvgIpc) is 3.12. The first-order chi connectivity index (χ1) is 14.6. The summed E-state index contributed by atoms with van der Waals surface area (Å²) in [7, 11) is 2.75. The third-order valence-electron chi connectivity index (χ3n) is 5.58. The van der Waals surface area contributed by atoms with Crippen LogP contribution in [0.1, 0.15) is 41.1 Å². The summed E-state index contributed by atoms with van der Waals surface area (Å²) in [6.07, 6.45) is -5.63. The van der Waals surface area contributed by atoms with Gasteiger partial charge in [-0.05, 0) is 37.5 Å². The third kappa shape index (κ3) is 4.49. The Morgan fingerprint density at radius 1 is 1.32 bits per heavy atom. The fourth-order valence-corrected chi connectivity index (χ4v) is 4.05. The molecule has 2 aromatic rings. The molecule has 1 saturated carbocycles. The minimum absolute atomic E-state index is 0.0181. The van der Waals surface area contributed by atoms with E-state index in [4.69, 9.17) is 4.74 Å². The Kier molecular flexibility index (Phi) is 6.23. The predicted molar refractivity (Wildman–Crippen MR) is 107 cm³/mol. The van der Waals surface area contributed by atoms with Gasteiger partial charge in [0.15, 0.2) is 0 Å². The van der Waals surface area contributed by atoms with Crippen molar-refractivity contribution in [2.45, 2.75) is 38.0 Å². The lowest BCUT2D eigenvalue weighted by atomic mass is 9.87. The highest BCUT2D eigenvalue weighted by molar-refractivity contribution is 5.95. The highest BCUT2D eigenvalue weighted by Gasteiger charge is 2.45. The molecule has 1 unspecified atom stereocenters. The van der Waals surface area contributed by atoms with Crippen LogP contribution in [0.25, 0.3) is 0 Å². The number of anilines is 1. The van der Waals surface area contributed by atoms with Crippen molar-refractivity contribution in [2.75, 3.05) is 19.1 Å². The zero-order valence-electron chi connectivity index (χ0n) is 17.3. The van der Waals surface area contributed by atoms with E-state index in [1.807, 2.05) is 19.1 Å². The van der Waals surface area contributed by atoms with Crippen molar-refractivity contribution in [3.8, 4) is 11.9 Å². The molecule has 0 spiro atoms. The first-order valence-corrected chi connectivity index (χ1v) is 9.65. The van der Waals surface area contributed by atoms with Crippen LogP contribution in [-0.2, 0) is 11.0 Å². The molecule has 6 nitrogen and oxygen atoms in total. The normalized spacial score (nSPS) is 20.9. The monoisotopic (exact) mass is 433 g/mol. The van der Waals surface area contributed by atoms with Crippen molar-refractivity contribution >= 4 is 11.6 Å². The van der Waals surface area contributed by atoms with E-state index in [9.17, 15) is 28.3 Å². The van der Waals surface area contributed by atoms with Gasteiger partial charge >= 0.3 is 6.18 Å². The number of carbonyl (C=O) groups is 1. The molecule has 3 atom stereocenters. The van der Waals surface area contributed by atoms with Crippen molar-refractivity contribution in [1.29, 1.82) is 5.26 Å². The number of aliphatic hydroxyl groups is 1. The summed E-state index contributed by atoms with van der Waals surface area (Å²) in [6, 6.07) is 9.50. The number of benzene rings is 1. The van der Waals surface area contributed by atoms with Gasteiger partial charge in [-0.1, -0.05) is 12.1 Å². The predicted octanol–water partition coefficient (Wildman–Crippen LogP) is 3.81. The summed E-state index contributed by atoms with van der Waals surface area (Å²) in [4.78, 5) is 18.8. The number of nitriles is 1. The first-order valence-electron chi connectivity index (χ1n) is 9.65. The second-order valence-corrected chi connectivity index (χ2v) is 7.66. The van der Waals surface area contributed by atoms with Gasteiger partial charge in [0.1, 0.15) is 6.07 Å². The second-order valence-electron chi connectivity index (χ2n) is 7.66. The number of methoxy groups -OCH3 is 1. The minimum Gasteiger partial charge on any atom is -0.481 e. The number of halogens is 3. The Hall–Kier alpha value is -3.12. The molecule has 1 N–H and O–H groups in total. The lowest BCUT2D eigenvalue weighted by molar-refractivity contribution is -0.138. The molecule has 31 heavy (non-hydrogen) atoms. The van der Waals surface area contributed by atoms with Crippen LogP contribution in [0.2, 0.25) is 0 Å². The molecule has 0 radical (unpaired) electrons. The molecule has 9 heteroatoms. The number of carbonyl (C=O) groups excluding carboxylic acids is 1. The van der Waals surface area contributed by atoms with Crippen LogP contribution < -0.4 is 9.64 Å². The van der Waals surface area contributed by atoms with Crippen molar-refractivity contribution in [1.82, 2.24) is 4.98 Å². The second kappa shape index (κ2) is 8.55. The van der Waals surface area contributed by atoms with Gasteiger partial charge in [0.2, 0.25) is 11.8 Å². The zero-order valence-corrected chi connectivity index (χ0v) is 17.3. The average molecular weight is 433 g/mol. The van der Waals surface area contributed by atoms with Crippen LogP contribution in [0.3, 0.4) is 0 Å². The topological polar surface area (TPSA) is 86.4 Å². The summed E-state index contributed by atoms with van der Waals surface area (Å²) in [6.45, 7) is 1.88. The third-order valence-corrected chi connectivity index (χ3v) is 5.58. The lowest BCUT2D eigenvalue weighted by Crippen LogP contribution is -2.34. The molecule has 1 aliphatic carbocycles.